The molecule has 0 aliphatic rings. The molecule has 0 spiro atoms. The number of aryl methyl sites for hydroxylation is 1. The molecule has 0 bridgehead atoms. The summed E-state index contributed by atoms with van der Waals surface area (Å²) in [7, 11) is 1.89. The Morgan fingerprint density at radius 1 is 1.62 bits per heavy atom. The molecule has 0 saturated heterocycles. The van der Waals surface area contributed by atoms with E-state index in [1.165, 1.54) is 11.8 Å². The van der Waals surface area contributed by atoms with Crippen LogP contribution in [0.15, 0.2) is 23.4 Å². The minimum absolute atomic E-state index is 0. The molecule has 1 heterocycles. The molecule has 3 nitrogen and oxygen atoms in total. The van der Waals surface area contributed by atoms with E-state index >= 15 is 0 Å². The van der Waals surface area contributed by atoms with E-state index in [4.69, 9.17) is 5.11 Å². The first-order valence-corrected chi connectivity index (χ1v) is 4.64. The molecular formula is C8H10INO2S. The maximum Gasteiger partial charge on any atom is 0.336 e. The average Bonchev–Trinajstić information content (AvgIpc) is 2.05. The highest BCUT2D eigenvalue weighted by Crippen LogP contribution is 2.10. The van der Waals surface area contributed by atoms with Gasteiger partial charge in [0.2, 0.25) is 5.03 Å². The number of hydrogen-bond acceptors (Lipinski definition) is 2. The molecule has 0 saturated carbocycles. The quantitative estimate of drug-likeness (QED) is 0.388. The topological polar surface area (TPSA) is 41.2 Å². The summed E-state index contributed by atoms with van der Waals surface area (Å²) in [6, 6.07) is 3.25. The molecule has 5 heteroatoms. The predicted molar refractivity (Wildman–Crippen MR) is 46.4 cm³/mol. The molecule has 0 aliphatic heterocycles. The second-order valence-electron chi connectivity index (χ2n) is 2.37. The fraction of sp³-hybridized carbons (Fsp3) is 0.250. The van der Waals surface area contributed by atoms with Crippen molar-refractivity contribution in [3.8, 4) is 0 Å². The van der Waals surface area contributed by atoms with Crippen molar-refractivity contribution in [1.29, 1.82) is 0 Å². The predicted octanol–water partition coefficient (Wildman–Crippen LogP) is -2.06. The first-order chi connectivity index (χ1) is 5.65. The normalized spacial score (nSPS) is 9.08. The minimum atomic E-state index is -0.883. The van der Waals surface area contributed by atoms with Gasteiger partial charge in [0, 0.05) is 12.1 Å². The summed E-state index contributed by atoms with van der Waals surface area (Å²) in [6.45, 7) is 0. The lowest BCUT2D eigenvalue weighted by molar-refractivity contribution is -0.708. The molecule has 0 unspecified atom stereocenters. The number of carbonyl (C=O) groups is 1. The Hall–Kier alpha value is -0.300. The zero-order valence-corrected chi connectivity index (χ0v) is 10.3. The molecule has 0 atom stereocenters. The van der Waals surface area contributed by atoms with E-state index in [0.717, 1.165) is 5.03 Å². The van der Waals surface area contributed by atoms with Crippen LogP contribution in [0, 0.1) is 0 Å². The molecule has 0 aromatic carbocycles. The van der Waals surface area contributed by atoms with Crippen LogP contribution in [0.5, 0.6) is 0 Å². The molecule has 1 N–H and O–H groups in total. The van der Waals surface area contributed by atoms with Crippen LogP contribution < -0.4 is 28.5 Å². The van der Waals surface area contributed by atoms with Crippen LogP contribution in [-0.2, 0) is 7.05 Å². The van der Waals surface area contributed by atoms with Gasteiger partial charge in [-0.25, -0.2) is 4.79 Å². The third-order valence-electron chi connectivity index (χ3n) is 1.56. The van der Waals surface area contributed by atoms with Crippen LogP contribution in [0.1, 0.15) is 10.4 Å². The first-order valence-electron chi connectivity index (χ1n) is 3.42. The van der Waals surface area contributed by atoms with Crippen molar-refractivity contribution in [3.05, 3.63) is 23.9 Å². The monoisotopic (exact) mass is 311 g/mol. The molecular weight excluding hydrogens is 301 g/mol. The average molecular weight is 311 g/mol. The van der Waals surface area contributed by atoms with Gasteiger partial charge in [-0.05, 0) is 6.26 Å². The van der Waals surface area contributed by atoms with Gasteiger partial charge in [0.15, 0.2) is 6.20 Å². The van der Waals surface area contributed by atoms with E-state index < -0.39 is 5.97 Å². The van der Waals surface area contributed by atoms with Gasteiger partial charge in [0.1, 0.15) is 7.05 Å². The van der Waals surface area contributed by atoms with E-state index in [2.05, 4.69) is 0 Å². The van der Waals surface area contributed by atoms with Crippen molar-refractivity contribution in [3.63, 3.8) is 0 Å². The van der Waals surface area contributed by atoms with Crippen molar-refractivity contribution in [2.24, 2.45) is 7.05 Å². The largest absolute Gasteiger partial charge is 1.00 e. The lowest BCUT2D eigenvalue weighted by Crippen LogP contribution is -3.00. The van der Waals surface area contributed by atoms with Crippen LogP contribution in [0.25, 0.3) is 0 Å². The first kappa shape index (κ1) is 12.7. The number of halogens is 1. The van der Waals surface area contributed by atoms with Gasteiger partial charge in [-0.1, -0.05) is 11.8 Å². The molecule has 1 rings (SSSR count). The van der Waals surface area contributed by atoms with Gasteiger partial charge >= 0.3 is 5.97 Å². The number of aromatic nitrogens is 1. The summed E-state index contributed by atoms with van der Waals surface area (Å²) in [5, 5.41) is 9.62. The number of hydrogen-bond donors (Lipinski definition) is 1. The highest BCUT2D eigenvalue weighted by molar-refractivity contribution is 7.98. The molecule has 0 amide bonds. The smallest absolute Gasteiger partial charge is 0.336 e. The number of aromatic carboxylic acids is 1. The zero-order chi connectivity index (χ0) is 9.14. The van der Waals surface area contributed by atoms with Crippen LogP contribution in [0.3, 0.4) is 0 Å². The van der Waals surface area contributed by atoms with E-state index in [0.29, 0.717) is 5.56 Å². The highest BCUT2D eigenvalue weighted by atomic mass is 127. The van der Waals surface area contributed by atoms with Gasteiger partial charge in [-0.2, -0.15) is 4.57 Å². The van der Waals surface area contributed by atoms with E-state index in [-0.39, 0.29) is 24.0 Å². The summed E-state index contributed by atoms with van der Waals surface area (Å²) in [4.78, 5) is 10.6. The minimum Gasteiger partial charge on any atom is -1.00 e. The summed E-state index contributed by atoms with van der Waals surface area (Å²) < 4.78 is 1.89. The second kappa shape index (κ2) is 5.43. The lowest BCUT2D eigenvalue weighted by Gasteiger charge is -1.96. The SMILES string of the molecule is CSc1cc(C(=O)O)cc[n+]1C.[I-]. The van der Waals surface area contributed by atoms with Gasteiger partial charge in [0.25, 0.3) is 0 Å². The van der Waals surface area contributed by atoms with Crippen molar-refractivity contribution in [1.82, 2.24) is 0 Å². The molecule has 0 aliphatic carbocycles. The number of pyridine rings is 1. The highest BCUT2D eigenvalue weighted by Gasteiger charge is 2.10. The zero-order valence-electron chi connectivity index (χ0n) is 7.32. The number of carboxylic acids is 1. The van der Waals surface area contributed by atoms with Crippen LogP contribution in [-0.4, -0.2) is 17.3 Å². The van der Waals surface area contributed by atoms with Gasteiger partial charge < -0.3 is 29.1 Å². The summed E-state index contributed by atoms with van der Waals surface area (Å²) in [5.74, 6) is -0.883. The van der Waals surface area contributed by atoms with Gasteiger partial charge in [-0.15, -0.1) is 0 Å². The van der Waals surface area contributed by atoms with Crippen molar-refractivity contribution in [2.75, 3.05) is 6.26 Å². The van der Waals surface area contributed by atoms with Crippen molar-refractivity contribution in [2.45, 2.75) is 5.03 Å². The molecule has 1 aromatic heterocycles. The Morgan fingerprint density at radius 2 is 2.23 bits per heavy atom. The summed E-state index contributed by atoms with van der Waals surface area (Å²) in [5.41, 5.74) is 0.331. The Labute approximate surface area is 98.2 Å². The van der Waals surface area contributed by atoms with E-state index in [1.807, 2.05) is 17.9 Å². The molecule has 72 valence electrons. The fourth-order valence-electron chi connectivity index (χ4n) is 0.884. The number of carboxylic acid groups (broad SMARTS) is 1. The third kappa shape index (κ3) is 3.15. The van der Waals surface area contributed by atoms with Crippen LogP contribution >= 0.6 is 11.8 Å². The maximum absolute atomic E-state index is 10.6. The summed E-state index contributed by atoms with van der Waals surface area (Å²) >= 11 is 1.53. The molecule has 1 aromatic rings. The van der Waals surface area contributed by atoms with Gasteiger partial charge in [-0.3, -0.25) is 0 Å². The number of rotatable bonds is 2. The van der Waals surface area contributed by atoms with E-state index in [1.54, 1.807) is 18.3 Å². The third-order valence-corrected chi connectivity index (χ3v) is 2.38. The standard InChI is InChI=1S/C8H9NO2S.HI/c1-9-4-3-6(8(10)11)5-7(9)12-2;/h3-5H,1-2H3;1H. The van der Waals surface area contributed by atoms with Gasteiger partial charge in [0.05, 0.1) is 5.56 Å². The Kier molecular flexibility index (Phi) is 5.31. The fourth-order valence-corrected chi connectivity index (χ4v) is 1.48. The Balaban J connectivity index is 0.00000144. The molecule has 0 fully saturated rings. The molecule has 13 heavy (non-hydrogen) atoms. The van der Waals surface area contributed by atoms with Crippen molar-refractivity contribution >= 4 is 17.7 Å². The Morgan fingerprint density at radius 3 is 2.69 bits per heavy atom. The van der Waals surface area contributed by atoms with E-state index in [9.17, 15) is 4.79 Å². The van der Waals surface area contributed by atoms with Crippen molar-refractivity contribution < 1.29 is 38.4 Å². The summed E-state index contributed by atoms with van der Waals surface area (Å²) in [6.07, 6.45) is 3.66. The molecule has 0 radical (unpaired) electrons. The number of thioether (sulfide) groups is 1. The lowest BCUT2D eigenvalue weighted by atomic mass is 10.3. The maximum atomic E-state index is 10.6. The second-order valence-corrected chi connectivity index (χ2v) is 3.20. The Bertz CT molecular complexity index is 317. The van der Waals surface area contributed by atoms with Crippen LogP contribution in [0.4, 0.5) is 0 Å². The number of nitrogens with zero attached hydrogens (tertiary/aromatic N) is 1. The van der Waals surface area contributed by atoms with Crippen LogP contribution in [0.2, 0.25) is 0 Å².